The van der Waals surface area contributed by atoms with Gasteiger partial charge < -0.3 is 19.7 Å². The van der Waals surface area contributed by atoms with Crippen LogP contribution in [0.15, 0.2) is 54.6 Å². The van der Waals surface area contributed by atoms with Crippen LogP contribution in [0.4, 0.5) is 5.69 Å². The van der Waals surface area contributed by atoms with Gasteiger partial charge in [0.15, 0.2) is 11.5 Å². The van der Waals surface area contributed by atoms with Gasteiger partial charge in [0, 0.05) is 42.4 Å². The Morgan fingerprint density at radius 2 is 1.83 bits per heavy atom. The third kappa shape index (κ3) is 4.88. The fourth-order valence-electron chi connectivity index (χ4n) is 4.28. The number of para-hydroxylation sites is 1. The SMILES string of the molecule is Cc1nn(-c2ccccc2)c(Cl)c1C=CC(=O)N1CCC(C(=O)Nc2ccc3c(c2)OCO3)CC1. The number of amides is 2. The maximum Gasteiger partial charge on any atom is 0.246 e. The van der Waals surface area contributed by atoms with Crippen molar-refractivity contribution < 1.29 is 19.1 Å². The summed E-state index contributed by atoms with van der Waals surface area (Å²) in [6, 6.07) is 14.9. The molecule has 0 radical (unpaired) electrons. The van der Waals surface area contributed by atoms with Crippen molar-refractivity contribution in [2.45, 2.75) is 19.8 Å². The van der Waals surface area contributed by atoms with E-state index in [9.17, 15) is 9.59 Å². The second-order valence-corrected chi connectivity index (χ2v) is 8.89. The van der Waals surface area contributed by atoms with Gasteiger partial charge in [0.25, 0.3) is 0 Å². The predicted octanol–water partition coefficient (Wildman–Crippen LogP) is 4.45. The zero-order valence-electron chi connectivity index (χ0n) is 19.2. The van der Waals surface area contributed by atoms with Gasteiger partial charge in [-0.15, -0.1) is 0 Å². The Balaban J connectivity index is 1.17. The number of carbonyl (C=O) groups excluding carboxylic acids is 2. The molecule has 9 heteroatoms. The molecule has 0 aliphatic carbocycles. The molecule has 1 saturated heterocycles. The first-order valence-electron chi connectivity index (χ1n) is 11.5. The van der Waals surface area contributed by atoms with Gasteiger partial charge in [-0.2, -0.15) is 5.10 Å². The van der Waals surface area contributed by atoms with Gasteiger partial charge in [-0.25, -0.2) is 4.68 Å². The van der Waals surface area contributed by atoms with Gasteiger partial charge in [0.2, 0.25) is 18.6 Å². The van der Waals surface area contributed by atoms with Crippen molar-refractivity contribution in [3.63, 3.8) is 0 Å². The molecule has 1 N–H and O–H groups in total. The first-order chi connectivity index (χ1) is 17.0. The maximum atomic E-state index is 12.8. The van der Waals surface area contributed by atoms with Crippen LogP contribution in [0.1, 0.15) is 24.1 Å². The molecule has 2 aliphatic heterocycles. The van der Waals surface area contributed by atoms with Crippen molar-refractivity contribution in [3.8, 4) is 17.2 Å². The van der Waals surface area contributed by atoms with Gasteiger partial charge >= 0.3 is 0 Å². The second kappa shape index (κ2) is 9.84. The number of carbonyl (C=O) groups is 2. The van der Waals surface area contributed by atoms with Gasteiger partial charge in [0.1, 0.15) is 5.15 Å². The second-order valence-electron chi connectivity index (χ2n) is 8.53. The van der Waals surface area contributed by atoms with Gasteiger partial charge in [-0.05, 0) is 50.1 Å². The Bertz CT molecular complexity index is 1280. The minimum atomic E-state index is -0.158. The quantitative estimate of drug-likeness (QED) is 0.532. The summed E-state index contributed by atoms with van der Waals surface area (Å²) in [4.78, 5) is 27.3. The Kier molecular flexibility index (Phi) is 6.46. The lowest BCUT2D eigenvalue weighted by Gasteiger charge is -2.30. The molecule has 3 heterocycles. The van der Waals surface area contributed by atoms with E-state index >= 15 is 0 Å². The zero-order chi connectivity index (χ0) is 24.4. The molecule has 0 spiro atoms. The van der Waals surface area contributed by atoms with E-state index in [1.54, 1.807) is 33.9 Å². The number of piperidine rings is 1. The predicted molar refractivity (Wildman–Crippen MR) is 133 cm³/mol. The molecule has 1 aromatic heterocycles. The van der Waals surface area contributed by atoms with Crippen molar-refractivity contribution in [2.75, 3.05) is 25.2 Å². The molecule has 3 aromatic rings. The highest BCUT2D eigenvalue weighted by atomic mass is 35.5. The molecular weight excluding hydrogens is 468 g/mol. The van der Waals surface area contributed by atoms with Gasteiger partial charge in [-0.1, -0.05) is 29.8 Å². The number of hydrogen-bond acceptors (Lipinski definition) is 5. The molecule has 180 valence electrons. The van der Waals surface area contributed by atoms with E-state index < -0.39 is 0 Å². The molecule has 35 heavy (non-hydrogen) atoms. The van der Waals surface area contributed by atoms with Crippen molar-refractivity contribution in [1.82, 2.24) is 14.7 Å². The molecule has 2 aromatic carbocycles. The van der Waals surface area contributed by atoms with Crippen molar-refractivity contribution in [2.24, 2.45) is 5.92 Å². The van der Waals surface area contributed by atoms with Crippen LogP contribution in [-0.4, -0.2) is 46.4 Å². The molecule has 1 fully saturated rings. The molecule has 0 atom stereocenters. The minimum Gasteiger partial charge on any atom is -0.454 e. The summed E-state index contributed by atoms with van der Waals surface area (Å²) >= 11 is 6.55. The van der Waals surface area contributed by atoms with E-state index in [4.69, 9.17) is 21.1 Å². The van der Waals surface area contributed by atoms with Crippen LogP contribution in [0.25, 0.3) is 11.8 Å². The first kappa shape index (κ1) is 23.0. The van der Waals surface area contributed by atoms with Gasteiger partial charge in [-0.3, -0.25) is 9.59 Å². The normalized spacial score (nSPS) is 15.5. The fourth-order valence-corrected chi connectivity index (χ4v) is 4.62. The highest BCUT2D eigenvalue weighted by molar-refractivity contribution is 6.31. The van der Waals surface area contributed by atoms with E-state index in [2.05, 4.69) is 10.4 Å². The van der Waals surface area contributed by atoms with Crippen LogP contribution in [-0.2, 0) is 9.59 Å². The Hall–Kier alpha value is -3.78. The summed E-state index contributed by atoms with van der Waals surface area (Å²) in [5.41, 5.74) is 2.97. The van der Waals surface area contributed by atoms with Crippen LogP contribution in [0.3, 0.4) is 0 Å². The van der Waals surface area contributed by atoms with Crippen LogP contribution >= 0.6 is 11.6 Å². The number of aromatic nitrogens is 2. The van der Waals surface area contributed by atoms with E-state index in [0.717, 1.165) is 11.4 Å². The number of halogens is 1. The largest absolute Gasteiger partial charge is 0.454 e. The summed E-state index contributed by atoms with van der Waals surface area (Å²) in [6.07, 6.45) is 4.44. The summed E-state index contributed by atoms with van der Waals surface area (Å²) in [5.74, 6) is 0.977. The topological polar surface area (TPSA) is 85.7 Å². The monoisotopic (exact) mass is 492 g/mol. The Morgan fingerprint density at radius 3 is 2.60 bits per heavy atom. The van der Waals surface area contributed by atoms with E-state index in [1.165, 1.54) is 6.08 Å². The number of anilines is 1. The zero-order valence-corrected chi connectivity index (χ0v) is 20.0. The third-order valence-corrected chi connectivity index (χ3v) is 6.62. The molecule has 0 saturated carbocycles. The number of ether oxygens (including phenoxy) is 2. The first-order valence-corrected chi connectivity index (χ1v) is 11.9. The average molecular weight is 493 g/mol. The van der Waals surface area contributed by atoms with E-state index in [-0.39, 0.29) is 24.5 Å². The molecule has 0 bridgehead atoms. The molecule has 2 aliphatic rings. The van der Waals surface area contributed by atoms with E-state index in [0.29, 0.717) is 53.8 Å². The number of aryl methyl sites for hydroxylation is 1. The lowest BCUT2D eigenvalue weighted by Crippen LogP contribution is -2.40. The highest BCUT2D eigenvalue weighted by Gasteiger charge is 2.27. The number of nitrogens with zero attached hydrogens (tertiary/aromatic N) is 3. The maximum absolute atomic E-state index is 12.8. The van der Waals surface area contributed by atoms with Crippen LogP contribution in [0, 0.1) is 12.8 Å². The molecule has 0 unspecified atom stereocenters. The van der Waals surface area contributed by atoms with Crippen LogP contribution in [0.2, 0.25) is 5.15 Å². The highest BCUT2D eigenvalue weighted by Crippen LogP contribution is 2.34. The number of fused-ring (bicyclic) bond motifs is 1. The number of hydrogen-bond donors (Lipinski definition) is 1. The number of likely N-dealkylation sites (tertiary alicyclic amines) is 1. The lowest BCUT2D eigenvalue weighted by atomic mass is 9.95. The minimum absolute atomic E-state index is 0.0535. The smallest absolute Gasteiger partial charge is 0.246 e. The van der Waals surface area contributed by atoms with Gasteiger partial charge in [0.05, 0.1) is 11.4 Å². The van der Waals surface area contributed by atoms with Crippen LogP contribution in [0.5, 0.6) is 11.5 Å². The molecule has 2 amide bonds. The van der Waals surface area contributed by atoms with Crippen molar-refractivity contribution >= 4 is 35.2 Å². The number of nitrogens with one attached hydrogen (secondary N) is 1. The van der Waals surface area contributed by atoms with Crippen molar-refractivity contribution in [1.29, 1.82) is 0 Å². The lowest BCUT2D eigenvalue weighted by molar-refractivity contribution is -0.130. The molecular formula is C26H25ClN4O4. The Morgan fingerprint density at radius 1 is 1.09 bits per heavy atom. The average Bonchev–Trinajstić information content (AvgIpc) is 3.46. The van der Waals surface area contributed by atoms with Crippen molar-refractivity contribution in [3.05, 3.63) is 71.0 Å². The number of benzene rings is 2. The summed E-state index contributed by atoms with van der Waals surface area (Å²) in [7, 11) is 0. The summed E-state index contributed by atoms with van der Waals surface area (Å²) in [5, 5.41) is 7.90. The third-order valence-electron chi connectivity index (χ3n) is 6.26. The standard InChI is InChI=1S/C26H25ClN4O4/c1-17-21(25(27)31(29-17)20-5-3-2-4-6-20)8-10-24(32)30-13-11-18(12-14-30)26(33)28-19-7-9-22-23(15-19)35-16-34-22/h2-10,15,18H,11-14,16H2,1H3,(H,28,33). The number of rotatable bonds is 5. The van der Waals surface area contributed by atoms with Crippen LogP contribution < -0.4 is 14.8 Å². The van der Waals surface area contributed by atoms with E-state index in [1.807, 2.05) is 37.3 Å². The molecule has 5 rings (SSSR count). The molecule has 8 nitrogen and oxygen atoms in total. The summed E-state index contributed by atoms with van der Waals surface area (Å²) in [6.45, 7) is 3.07. The Labute approximate surface area is 208 Å². The summed E-state index contributed by atoms with van der Waals surface area (Å²) < 4.78 is 12.3. The fraction of sp³-hybridized carbons (Fsp3) is 0.269.